The zero-order chi connectivity index (χ0) is 38.4. The Balaban J connectivity index is 1.10. The summed E-state index contributed by atoms with van der Waals surface area (Å²) in [6, 6.07) is 67.9. The molecule has 2 heteroatoms. The summed E-state index contributed by atoms with van der Waals surface area (Å²) in [5, 5.41) is 5.06. The van der Waals surface area contributed by atoms with E-state index in [1.54, 1.807) is 0 Å². The second-order valence-electron chi connectivity index (χ2n) is 16.1. The standard InChI is InChI=1S/C56H40N2/c1-56(41-17-7-3-8-18-41)50-23-13-11-21-44(50)46-35-49-48-34-40(39-27-31-53-47(33-39)45-22-12-14-24-52(45)57(53)42-19-9-4-10-20-42)28-32-54(48)58(55(49)36-51(46)56)43-29-25-38(26-30-43)37-15-5-2-6-16-37/h2-5,7-15,17-36H,6,16H2,1H3. The highest BCUT2D eigenvalue weighted by Gasteiger charge is 2.41. The fraction of sp³-hybridized carbons (Fsp3) is 0.0714. The van der Waals surface area contributed by atoms with E-state index in [1.165, 1.54) is 105 Å². The van der Waals surface area contributed by atoms with E-state index in [0.29, 0.717) is 0 Å². The first kappa shape index (κ1) is 33.0. The van der Waals surface area contributed by atoms with Crippen LogP contribution in [0, 0.1) is 0 Å². The molecule has 0 aliphatic heterocycles. The summed E-state index contributed by atoms with van der Waals surface area (Å²) in [5.41, 5.74) is 18.8. The van der Waals surface area contributed by atoms with Crippen LogP contribution in [0.2, 0.25) is 0 Å². The molecule has 2 aromatic heterocycles. The van der Waals surface area contributed by atoms with Gasteiger partial charge in [0.25, 0.3) is 0 Å². The molecule has 0 bridgehead atoms. The van der Waals surface area contributed by atoms with Gasteiger partial charge in [0.1, 0.15) is 0 Å². The van der Waals surface area contributed by atoms with Crippen LogP contribution in [-0.2, 0) is 5.41 Å². The van der Waals surface area contributed by atoms with Crippen LogP contribution >= 0.6 is 0 Å². The molecule has 2 aliphatic carbocycles. The number of hydrogen-bond acceptors (Lipinski definition) is 0. The van der Waals surface area contributed by atoms with Crippen molar-refractivity contribution in [1.82, 2.24) is 9.13 Å². The Morgan fingerprint density at radius 3 is 1.76 bits per heavy atom. The normalized spacial score (nSPS) is 16.0. The largest absolute Gasteiger partial charge is 0.309 e. The summed E-state index contributed by atoms with van der Waals surface area (Å²) in [6.45, 7) is 2.41. The predicted octanol–water partition coefficient (Wildman–Crippen LogP) is 14.6. The van der Waals surface area contributed by atoms with Gasteiger partial charge in [0, 0.05) is 38.3 Å². The molecule has 1 unspecified atom stereocenters. The quantitative estimate of drug-likeness (QED) is 0.166. The number of benzene rings is 8. The molecule has 12 rings (SSSR count). The summed E-state index contributed by atoms with van der Waals surface area (Å²) in [5.74, 6) is 0. The minimum absolute atomic E-state index is 0.285. The Bertz CT molecular complexity index is 3320. The summed E-state index contributed by atoms with van der Waals surface area (Å²) in [4.78, 5) is 0. The second kappa shape index (κ2) is 12.7. The van der Waals surface area contributed by atoms with Gasteiger partial charge in [-0.05, 0) is 137 Å². The molecular weight excluding hydrogens is 701 g/mol. The lowest BCUT2D eigenvalue weighted by molar-refractivity contribution is 0.714. The molecule has 0 radical (unpaired) electrons. The highest BCUT2D eigenvalue weighted by atomic mass is 15.0. The zero-order valence-corrected chi connectivity index (χ0v) is 32.4. The molecule has 1 atom stereocenters. The minimum Gasteiger partial charge on any atom is -0.309 e. The van der Waals surface area contributed by atoms with Gasteiger partial charge in [0.05, 0.1) is 22.1 Å². The molecule has 0 saturated carbocycles. The van der Waals surface area contributed by atoms with Gasteiger partial charge in [-0.25, -0.2) is 0 Å². The highest BCUT2D eigenvalue weighted by Crippen LogP contribution is 2.54. The lowest BCUT2D eigenvalue weighted by Gasteiger charge is -2.28. The van der Waals surface area contributed by atoms with Crippen LogP contribution in [0.4, 0.5) is 0 Å². The average molecular weight is 741 g/mol. The molecule has 58 heavy (non-hydrogen) atoms. The van der Waals surface area contributed by atoms with Gasteiger partial charge in [-0.15, -0.1) is 0 Å². The molecule has 2 heterocycles. The van der Waals surface area contributed by atoms with Crippen molar-refractivity contribution in [2.24, 2.45) is 0 Å². The van der Waals surface area contributed by atoms with Gasteiger partial charge in [0.15, 0.2) is 0 Å². The van der Waals surface area contributed by atoms with Crippen LogP contribution < -0.4 is 0 Å². The van der Waals surface area contributed by atoms with Crippen molar-refractivity contribution in [3.8, 4) is 33.6 Å². The molecule has 274 valence electrons. The second-order valence-corrected chi connectivity index (χ2v) is 16.1. The Morgan fingerprint density at radius 1 is 0.431 bits per heavy atom. The summed E-state index contributed by atoms with van der Waals surface area (Å²) < 4.78 is 4.89. The number of hydrogen-bond donors (Lipinski definition) is 0. The topological polar surface area (TPSA) is 9.86 Å². The number of fused-ring (bicyclic) bond motifs is 9. The average Bonchev–Trinajstić information content (AvgIpc) is 3.89. The summed E-state index contributed by atoms with van der Waals surface area (Å²) in [7, 11) is 0. The van der Waals surface area contributed by atoms with Crippen LogP contribution in [-0.4, -0.2) is 9.13 Å². The van der Waals surface area contributed by atoms with Crippen LogP contribution in [0.25, 0.3) is 82.8 Å². The van der Waals surface area contributed by atoms with Crippen molar-refractivity contribution < 1.29 is 0 Å². The van der Waals surface area contributed by atoms with Gasteiger partial charge in [-0.2, -0.15) is 0 Å². The van der Waals surface area contributed by atoms with Crippen molar-refractivity contribution in [3.63, 3.8) is 0 Å². The minimum atomic E-state index is -0.285. The smallest absolute Gasteiger partial charge is 0.0544 e. The van der Waals surface area contributed by atoms with Crippen molar-refractivity contribution in [2.75, 3.05) is 0 Å². The molecule has 10 aromatic rings. The molecule has 8 aromatic carbocycles. The Morgan fingerprint density at radius 2 is 1.02 bits per heavy atom. The fourth-order valence-corrected chi connectivity index (χ4v) is 10.2. The van der Waals surface area contributed by atoms with E-state index in [-0.39, 0.29) is 5.41 Å². The number of aromatic nitrogens is 2. The summed E-state index contributed by atoms with van der Waals surface area (Å²) >= 11 is 0. The van der Waals surface area contributed by atoms with Crippen LogP contribution in [0.5, 0.6) is 0 Å². The Kier molecular flexibility index (Phi) is 7.22. The van der Waals surface area contributed by atoms with E-state index >= 15 is 0 Å². The molecule has 0 spiro atoms. The number of para-hydroxylation sites is 2. The Hall–Kier alpha value is -7.16. The number of allylic oxidation sites excluding steroid dienone is 4. The third-order valence-electron chi connectivity index (χ3n) is 13.1. The molecule has 0 N–H and O–H groups in total. The predicted molar refractivity (Wildman–Crippen MR) is 244 cm³/mol. The molecule has 0 amide bonds. The monoisotopic (exact) mass is 740 g/mol. The molecule has 2 aliphatic rings. The SMILES string of the molecule is CC1(c2ccccc2)c2ccccc2-c2cc3c4cc(-c5ccc6c(c5)c5ccccc5n6-c5ccccc5)ccc4n(-c4ccc(C5=CC=CCC5)cc4)c3cc21. The zero-order valence-electron chi connectivity index (χ0n) is 32.4. The summed E-state index contributed by atoms with van der Waals surface area (Å²) in [6.07, 6.45) is 8.89. The Labute approximate surface area is 338 Å². The number of nitrogens with zero attached hydrogens (tertiary/aromatic N) is 2. The maximum atomic E-state index is 2.50. The third kappa shape index (κ3) is 4.79. The first-order valence-electron chi connectivity index (χ1n) is 20.5. The maximum absolute atomic E-state index is 2.50. The molecule has 2 nitrogen and oxygen atoms in total. The lowest BCUT2D eigenvalue weighted by Crippen LogP contribution is -2.22. The van der Waals surface area contributed by atoms with Crippen molar-refractivity contribution in [3.05, 3.63) is 222 Å². The van der Waals surface area contributed by atoms with Gasteiger partial charge in [0.2, 0.25) is 0 Å². The third-order valence-corrected chi connectivity index (χ3v) is 13.1. The number of rotatable bonds is 5. The van der Waals surface area contributed by atoms with Crippen molar-refractivity contribution in [1.29, 1.82) is 0 Å². The fourth-order valence-electron chi connectivity index (χ4n) is 10.2. The van der Waals surface area contributed by atoms with Gasteiger partial charge < -0.3 is 9.13 Å². The van der Waals surface area contributed by atoms with Gasteiger partial charge >= 0.3 is 0 Å². The van der Waals surface area contributed by atoms with Crippen LogP contribution in [0.3, 0.4) is 0 Å². The van der Waals surface area contributed by atoms with Crippen molar-refractivity contribution in [2.45, 2.75) is 25.2 Å². The van der Waals surface area contributed by atoms with E-state index in [9.17, 15) is 0 Å². The molecular formula is C56H40N2. The van der Waals surface area contributed by atoms with Crippen molar-refractivity contribution >= 4 is 49.2 Å². The van der Waals surface area contributed by atoms with Crippen LogP contribution in [0.1, 0.15) is 42.0 Å². The lowest BCUT2D eigenvalue weighted by atomic mass is 9.74. The molecule has 0 fully saturated rings. The van der Waals surface area contributed by atoms with E-state index in [4.69, 9.17) is 0 Å². The first-order chi connectivity index (χ1) is 28.6. The van der Waals surface area contributed by atoms with Gasteiger partial charge in [-0.3, -0.25) is 0 Å². The highest BCUT2D eigenvalue weighted by molar-refractivity contribution is 6.14. The van der Waals surface area contributed by atoms with Gasteiger partial charge in [-0.1, -0.05) is 133 Å². The van der Waals surface area contributed by atoms with E-state index in [0.717, 1.165) is 12.8 Å². The van der Waals surface area contributed by atoms with E-state index in [2.05, 4.69) is 216 Å². The maximum Gasteiger partial charge on any atom is 0.0544 e. The van der Waals surface area contributed by atoms with E-state index < -0.39 is 0 Å². The van der Waals surface area contributed by atoms with E-state index in [1.807, 2.05) is 0 Å². The first-order valence-corrected chi connectivity index (χ1v) is 20.5. The van der Waals surface area contributed by atoms with Crippen LogP contribution in [0.15, 0.2) is 200 Å². The molecule has 0 saturated heterocycles.